The van der Waals surface area contributed by atoms with Crippen LogP contribution in [0.5, 0.6) is 0 Å². The number of hydrogen-bond acceptors (Lipinski definition) is 3. The number of aryl methyl sites for hydroxylation is 1. The summed E-state index contributed by atoms with van der Waals surface area (Å²) in [5, 5.41) is 3.30. The third-order valence-electron chi connectivity index (χ3n) is 3.95. The normalized spacial score (nSPS) is 16.5. The molecule has 6 heteroatoms. The van der Waals surface area contributed by atoms with E-state index in [2.05, 4.69) is 5.32 Å². The van der Waals surface area contributed by atoms with E-state index in [9.17, 15) is 8.42 Å². The molecule has 1 heterocycles. The fourth-order valence-electron chi connectivity index (χ4n) is 2.96. The molecule has 1 N–H and O–H groups in total. The molecule has 22 heavy (non-hydrogen) atoms. The van der Waals surface area contributed by atoms with Gasteiger partial charge in [-0.25, -0.2) is 8.42 Å². The Hall–Kier alpha value is -0.620. The highest BCUT2D eigenvalue weighted by Crippen LogP contribution is 2.20. The minimum atomic E-state index is -3.25. The Kier molecular flexibility index (Phi) is 7.83. The summed E-state index contributed by atoms with van der Waals surface area (Å²) >= 11 is 0. The van der Waals surface area contributed by atoms with Crippen molar-refractivity contribution in [2.45, 2.75) is 44.9 Å². The van der Waals surface area contributed by atoms with Crippen LogP contribution >= 0.6 is 12.4 Å². The molecular weight excluding hydrogens is 320 g/mol. The van der Waals surface area contributed by atoms with E-state index in [-0.39, 0.29) is 24.2 Å². The summed E-state index contributed by atoms with van der Waals surface area (Å²) in [6.07, 6.45) is 2.68. The van der Waals surface area contributed by atoms with Gasteiger partial charge in [0.2, 0.25) is 10.0 Å². The van der Waals surface area contributed by atoms with Crippen LogP contribution < -0.4 is 5.32 Å². The number of nitrogens with zero attached hydrogens (tertiary/aromatic N) is 1. The molecular formula is C16H27ClN2O2S. The maximum absolute atomic E-state index is 12.8. The Bertz CT molecular complexity index is 557. The maximum atomic E-state index is 12.8. The van der Waals surface area contributed by atoms with Gasteiger partial charge in [0, 0.05) is 12.6 Å². The first-order valence-electron chi connectivity index (χ1n) is 7.78. The topological polar surface area (TPSA) is 49.4 Å². The highest BCUT2D eigenvalue weighted by Gasteiger charge is 2.30. The van der Waals surface area contributed by atoms with Gasteiger partial charge in [-0.1, -0.05) is 36.8 Å². The quantitative estimate of drug-likeness (QED) is 0.861. The summed E-state index contributed by atoms with van der Waals surface area (Å²) in [4.78, 5) is 0. The Balaban J connectivity index is 0.00000242. The van der Waals surface area contributed by atoms with Crippen molar-refractivity contribution in [3.05, 3.63) is 35.4 Å². The molecule has 0 bridgehead atoms. The zero-order valence-electron chi connectivity index (χ0n) is 13.4. The SMILES string of the molecule is CCCN(C1CCNCC1)S(=O)(=O)Cc1cccc(C)c1.Cl. The van der Waals surface area contributed by atoms with Crippen molar-refractivity contribution in [2.75, 3.05) is 19.6 Å². The fraction of sp³-hybridized carbons (Fsp3) is 0.625. The molecule has 0 saturated carbocycles. The predicted molar refractivity (Wildman–Crippen MR) is 93.9 cm³/mol. The second kappa shape index (κ2) is 8.87. The molecule has 1 aliphatic heterocycles. The van der Waals surface area contributed by atoms with Crippen LogP contribution in [0.1, 0.15) is 37.3 Å². The number of hydrogen-bond donors (Lipinski definition) is 1. The van der Waals surface area contributed by atoms with Crippen LogP contribution in [0, 0.1) is 6.92 Å². The van der Waals surface area contributed by atoms with Crippen LogP contribution in [-0.4, -0.2) is 38.4 Å². The Morgan fingerprint density at radius 3 is 2.55 bits per heavy atom. The summed E-state index contributed by atoms with van der Waals surface area (Å²) in [5.74, 6) is 0.110. The van der Waals surface area contributed by atoms with Gasteiger partial charge in [0.1, 0.15) is 0 Å². The summed E-state index contributed by atoms with van der Waals surface area (Å²) < 4.78 is 27.4. The summed E-state index contributed by atoms with van der Waals surface area (Å²) in [7, 11) is -3.25. The molecule has 1 fully saturated rings. The lowest BCUT2D eigenvalue weighted by atomic mass is 10.1. The fourth-order valence-corrected chi connectivity index (χ4v) is 4.85. The number of nitrogens with one attached hydrogen (secondary N) is 1. The molecule has 1 aromatic carbocycles. The monoisotopic (exact) mass is 346 g/mol. The molecule has 0 radical (unpaired) electrons. The Morgan fingerprint density at radius 2 is 1.95 bits per heavy atom. The van der Waals surface area contributed by atoms with Crippen molar-refractivity contribution >= 4 is 22.4 Å². The van der Waals surface area contributed by atoms with Gasteiger partial charge in [-0.2, -0.15) is 4.31 Å². The summed E-state index contributed by atoms with van der Waals surface area (Å²) in [5.41, 5.74) is 1.98. The summed E-state index contributed by atoms with van der Waals surface area (Å²) in [6.45, 7) is 6.47. The van der Waals surface area contributed by atoms with Gasteiger partial charge >= 0.3 is 0 Å². The van der Waals surface area contributed by atoms with Gasteiger partial charge in [0.15, 0.2) is 0 Å². The molecule has 0 aliphatic carbocycles. The van der Waals surface area contributed by atoms with E-state index >= 15 is 0 Å². The molecule has 126 valence electrons. The largest absolute Gasteiger partial charge is 0.317 e. The van der Waals surface area contributed by atoms with E-state index in [1.54, 1.807) is 4.31 Å². The zero-order chi connectivity index (χ0) is 15.3. The zero-order valence-corrected chi connectivity index (χ0v) is 15.0. The maximum Gasteiger partial charge on any atom is 0.218 e. The molecule has 0 aromatic heterocycles. The molecule has 0 spiro atoms. The van der Waals surface area contributed by atoms with Gasteiger partial charge in [-0.15, -0.1) is 12.4 Å². The number of sulfonamides is 1. The number of benzene rings is 1. The van der Waals surface area contributed by atoms with Crippen LogP contribution in [0.4, 0.5) is 0 Å². The van der Waals surface area contributed by atoms with Gasteiger partial charge in [-0.05, 0) is 44.8 Å². The summed E-state index contributed by atoms with van der Waals surface area (Å²) in [6, 6.07) is 7.93. The van der Waals surface area contributed by atoms with E-state index < -0.39 is 10.0 Å². The molecule has 0 unspecified atom stereocenters. The van der Waals surface area contributed by atoms with E-state index in [1.165, 1.54) is 0 Å². The van der Waals surface area contributed by atoms with Crippen LogP contribution in [0.15, 0.2) is 24.3 Å². The first-order valence-corrected chi connectivity index (χ1v) is 9.39. The average Bonchev–Trinajstić information content (AvgIpc) is 2.45. The van der Waals surface area contributed by atoms with Crippen LogP contribution in [0.2, 0.25) is 0 Å². The van der Waals surface area contributed by atoms with Gasteiger partial charge < -0.3 is 5.32 Å². The third-order valence-corrected chi connectivity index (χ3v) is 5.84. The number of rotatable bonds is 6. The molecule has 1 aliphatic rings. The van der Waals surface area contributed by atoms with Gasteiger partial charge in [0.05, 0.1) is 5.75 Å². The van der Waals surface area contributed by atoms with Crippen molar-refractivity contribution in [1.82, 2.24) is 9.62 Å². The smallest absolute Gasteiger partial charge is 0.218 e. The molecule has 4 nitrogen and oxygen atoms in total. The van der Waals surface area contributed by atoms with E-state index in [0.29, 0.717) is 6.54 Å². The van der Waals surface area contributed by atoms with Crippen LogP contribution in [0.25, 0.3) is 0 Å². The second-order valence-electron chi connectivity index (χ2n) is 5.84. The van der Waals surface area contributed by atoms with E-state index in [1.807, 2.05) is 38.1 Å². The molecule has 2 rings (SSSR count). The standard InChI is InChI=1S/C16H26N2O2S.ClH/c1-3-11-18(16-7-9-17-10-8-16)21(19,20)13-15-6-4-5-14(2)12-15;/h4-6,12,16-17H,3,7-11,13H2,1-2H3;1H. The molecule has 1 saturated heterocycles. The Morgan fingerprint density at radius 1 is 1.27 bits per heavy atom. The van der Waals surface area contributed by atoms with Gasteiger partial charge in [-0.3, -0.25) is 0 Å². The number of piperidine rings is 1. The minimum Gasteiger partial charge on any atom is -0.317 e. The van der Waals surface area contributed by atoms with Gasteiger partial charge in [0.25, 0.3) is 0 Å². The van der Waals surface area contributed by atoms with Crippen LogP contribution in [0.3, 0.4) is 0 Å². The van der Waals surface area contributed by atoms with Crippen molar-refractivity contribution in [1.29, 1.82) is 0 Å². The van der Waals surface area contributed by atoms with Crippen LogP contribution in [-0.2, 0) is 15.8 Å². The Labute approximate surface area is 140 Å². The predicted octanol–water partition coefficient (Wildman–Crippen LogP) is 2.71. The molecule has 0 amide bonds. The minimum absolute atomic E-state index is 0. The molecule has 0 atom stereocenters. The highest BCUT2D eigenvalue weighted by molar-refractivity contribution is 7.88. The first-order chi connectivity index (χ1) is 10.0. The first kappa shape index (κ1) is 19.4. The van der Waals surface area contributed by atoms with E-state index in [4.69, 9.17) is 0 Å². The lowest BCUT2D eigenvalue weighted by Gasteiger charge is -2.33. The lowest BCUT2D eigenvalue weighted by molar-refractivity contribution is 0.262. The highest BCUT2D eigenvalue weighted by atomic mass is 35.5. The molecule has 1 aromatic rings. The third kappa shape index (κ3) is 5.23. The van der Waals surface area contributed by atoms with Crippen molar-refractivity contribution in [3.63, 3.8) is 0 Å². The van der Waals surface area contributed by atoms with E-state index in [0.717, 1.165) is 43.5 Å². The lowest BCUT2D eigenvalue weighted by Crippen LogP contribution is -2.46. The second-order valence-corrected chi connectivity index (χ2v) is 7.76. The number of halogens is 1. The average molecular weight is 347 g/mol. The van der Waals surface area contributed by atoms with Crippen molar-refractivity contribution in [2.24, 2.45) is 0 Å². The van der Waals surface area contributed by atoms with Crippen molar-refractivity contribution in [3.8, 4) is 0 Å². The van der Waals surface area contributed by atoms with Crippen molar-refractivity contribution < 1.29 is 8.42 Å².